The predicted molar refractivity (Wildman–Crippen MR) is 77.9 cm³/mol. The van der Waals surface area contributed by atoms with Crippen molar-refractivity contribution in [2.24, 2.45) is 0 Å². The number of pyridine rings is 1. The standard InChI is InChI=1S/C12H10ClN3O4S/c1-8-9(6-7-12(13)14-8)15-21(19,20)11-5-3-2-4-10(11)16(17)18/h2-7,15H,1H3. The number of nitro benzene ring substituents is 1. The molecule has 0 saturated carbocycles. The lowest BCUT2D eigenvalue weighted by Gasteiger charge is -2.10. The Morgan fingerprint density at radius 3 is 2.52 bits per heavy atom. The molecule has 0 radical (unpaired) electrons. The number of sulfonamides is 1. The summed E-state index contributed by atoms with van der Waals surface area (Å²) in [6, 6.07) is 7.96. The van der Waals surface area contributed by atoms with Crippen LogP contribution in [-0.2, 0) is 10.0 Å². The summed E-state index contributed by atoms with van der Waals surface area (Å²) in [6.45, 7) is 1.57. The SMILES string of the molecule is Cc1nc(Cl)ccc1NS(=O)(=O)c1ccccc1[N+](=O)[O-]. The molecule has 0 aliphatic carbocycles. The second kappa shape index (κ2) is 5.66. The molecule has 1 aromatic heterocycles. The summed E-state index contributed by atoms with van der Waals surface area (Å²) in [5.41, 5.74) is 0.0757. The van der Waals surface area contributed by atoms with Crippen LogP contribution in [0.5, 0.6) is 0 Å². The van der Waals surface area contributed by atoms with Crippen LogP contribution >= 0.6 is 11.6 Å². The lowest BCUT2D eigenvalue weighted by atomic mass is 10.3. The summed E-state index contributed by atoms with van der Waals surface area (Å²) in [5.74, 6) is 0. The average molecular weight is 328 g/mol. The number of aromatic nitrogens is 1. The van der Waals surface area contributed by atoms with E-state index >= 15 is 0 Å². The smallest absolute Gasteiger partial charge is 0.278 e. The van der Waals surface area contributed by atoms with E-state index in [2.05, 4.69) is 9.71 Å². The number of anilines is 1. The van der Waals surface area contributed by atoms with Crippen LogP contribution in [0.25, 0.3) is 0 Å². The molecule has 1 aromatic carbocycles. The summed E-state index contributed by atoms with van der Waals surface area (Å²) >= 11 is 5.69. The van der Waals surface area contributed by atoms with E-state index in [-0.39, 0.29) is 10.8 Å². The molecule has 2 aromatic rings. The number of halogens is 1. The highest BCUT2D eigenvalue weighted by molar-refractivity contribution is 7.92. The number of aryl methyl sites for hydroxylation is 1. The summed E-state index contributed by atoms with van der Waals surface area (Å²) in [6.07, 6.45) is 0. The first-order valence-electron chi connectivity index (χ1n) is 5.70. The Bertz CT molecular complexity index is 808. The van der Waals surface area contributed by atoms with E-state index in [0.717, 1.165) is 6.07 Å². The second-order valence-corrected chi connectivity index (χ2v) is 6.14. The first kappa shape index (κ1) is 15.2. The van der Waals surface area contributed by atoms with Gasteiger partial charge in [0.1, 0.15) is 5.15 Å². The van der Waals surface area contributed by atoms with E-state index in [1.807, 2.05) is 0 Å². The van der Waals surface area contributed by atoms with Crippen LogP contribution in [0, 0.1) is 17.0 Å². The highest BCUT2D eigenvalue weighted by Gasteiger charge is 2.25. The van der Waals surface area contributed by atoms with E-state index in [9.17, 15) is 18.5 Å². The Kier molecular flexibility index (Phi) is 4.10. The zero-order valence-corrected chi connectivity index (χ0v) is 12.4. The minimum Gasteiger partial charge on any atom is -0.278 e. The summed E-state index contributed by atoms with van der Waals surface area (Å²) in [5, 5.41) is 11.1. The van der Waals surface area contributed by atoms with Gasteiger partial charge in [0.15, 0.2) is 4.90 Å². The van der Waals surface area contributed by atoms with Gasteiger partial charge in [-0.15, -0.1) is 0 Å². The Hall–Kier alpha value is -2.19. The maximum absolute atomic E-state index is 12.3. The van der Waals surface area contributed by atoms with Crippen molar-refractivity contribution < 1.29 is 13.3 Å². The zero-order valence-electron chi connectivity index (χ0n) is 10.8. The minimum atomic E-state index is -4.10. The van der Waals surface area contributed by atoms with Crippen LogP contribution in [0.3, 0.4) is 0 Å². The topological polar surface area (TPSA) is 102 Å². The molecule has 9 heteroatoms. The summed E-state index contributed by atoms with van der Waals surface area (Å²) in [7, 11) is -4.10. The van der Waals surface area contributed by atoms with Crippen LogP contribution in [0.15, 0.2) is 41.3 Å². The Morgan fingerprint density at radius 2 is 1.90 bits per heavy atom. The Morgan fingerprint density at radius 1 is 1.24 bits per heavy atom. The van der Waals surface area contributed by atoms with Gasteiger partial charge in [0, 0.05) is 6.07 Å². The Balaban J connectivity index is 2.46. The molecular formula is C12H10ClN3O4S. The number of hydrogen-bond acceptors (Lipinski definition) is 5. The molecule has 0 unspecified atom stereocenters. The molecule has 0 spiro atoms. The minimum absolute atomic E-state index is 0.206. The molecular weight excluding hydrogens is 318 g/mol. The first-order valence-corrected chi connectivity index (χ1v) is 7.57. The van der Waals surface area contributed by atoms with Crippen molar-refractivity contribution in [3.8, 4) is 0 Å². The third kappa shape index (κ3) is 3.29. The molecule has 0 amide bonds. The molecule has 1 N–H and O–H groups in total. The van der Waals surface area contributed by atoms with Crippen molar-refractivity contribution >= 4 is 33.0 Å². The molecule has 0 atom stereocenters. The van der Waals surface area contributed by atoms with Crippen molar-refractivity contribution in [2.75, 3.05) is 4.72 Å². The molecule has 21 heavy (non-hydrogen) atoms. The van der Waals surface area contributed by atoms with Crippen molar-refractivity contribution in [1.82, 2.24) is 4.98 Å². The third-order valence-electron chi connectivity index (χ3n) is 2.65. The van der Waals surface area contributed by atoms with E-state index in [1.54, 1.807) is 6.92 Å². The number of para-hydroxylation sites is 1. The van der Waals surface area contributed by atoms with E-state index in [4.69, 9.17) is 11.6 Å². The highest BCUT2D eigenvalue weighted by atomic mass is 35.5. The molecule has 0 saturated heterocycles. The number of rotatable bonds is 4. The normalized spacial score (nSPS) is 11.1. The van der Waals surface area contributed by atoms with Gasteiger partial charge >= 0.3 is 0 Å². The zero-order chi connectivity index (χ0) is 15.6. The van der Waals surface area contributed by atoms with Gasteiger partial charge in [-0.3, -0.25) is 14.8 Å². The molecule has 0 bridgehead atoms. The largest absolute Gasteiger partial charge is 0.289 e. The fourth-order valence-electron chi connectivity index (χ4n) is 1.67. The van der Waals surface area contributed by atoms with Gasteiger partial charge in [-0.25, -0.2) is 13.4 Å². The molecule has 0 aliphatic rings. The molecule has 110 valence electrons. The van der Waals surface area contributed by atoms with Crippen LogP contribution < -0.4 is 4.72 Å². The predicted octanol–water partition coefficient (Wildman–Crippen LogP) is 2.75. The lowest BCUT2D eigenvalue weighted by molar-refractivity contribution is -0.387. The van der Waals surface area contributed by atoms with Crippen molar-refractivity contribution in [1.29, 1.82) is 0 Å². The summed E-state index contributed by atoms with van der Waals surface area (Å²) < 4.78 is 26.8. The average Bonchev–Trinajstić information content (AvgIpc) is 2.42. The maximum Gasteiger partial charge on any atom is 0.289 e. The lowest BCUT2D eigenvalue weighted by Crippen LogP contribution is -2.15. The quantitative estimate of drug-likeness (QED) is 0.528. The van der Waals surface area contributed by atoms with Crippen LogP contribution in [0.1, 0.15) is 5.69 Å². The second-order valence-electron chi connectivity index (χ2n) is 4.10. The van der Waals surface area contributed by atoms with Crippen molar-refractivity contribution in [3.63, 3.8) is 0 Å². The molecule has 0 aliphatic heterocycles. The molecule has 1 heterocycles. The molecule has 2 rings (SSSR count). The number of hydrogen-bond donors (Lipinski definition) is 1. The van der Waals surface area contributed by atoms with Crippen LogP contribution in [0.2, 0.25) is 5.15 Å². The number of nitrogens with one attached hydrogen (secondary N) is 1. The maximum atomic E-state index is 12.3. The number of nitrogens with zero attached hydrogens (tertiary/aromatic N) is 2. The van der Waals surface area contributed by atoms with Gasteiger partial charge in [-0.2, -0.15) is 0 Å². The van der Waals surface area contributed by atoms with Crippen LogP contribution in [-0.4, -0.2) is 18.3 Å². The first-order chi connectivity index (χ1) is 9.81. The van der Waals surface area contributed by atoms with Gasteiger partial charge in [-0.05, 0) is 25.1 Å². The Labute approximate surface area is 125 Å². The summed E-state index contributed by atoms with van der Waals surface area (Å²) in [4.78, 5) is 13.7. The third-order valence-corrected chi connectivity index (χ3v) is 4.27. The molecule has 7 nitrogen and oxygen atoms in total. The van der Waals surface area contributed by atoms with Crippen molar-refractivity contribution in [3.05, 3.63) is 57.4 Å². The van der Waals surface area contributed by atoms with E-state index in [1.165, 1.54) is 30.3 Å². The van der Waals surface area contributed by atoms with E-state index < -0.39 is 25.5 Å². The van der Waals surface area contributed by atoms with E-state index in [0.29, 0.717) is 5.69 Å². The molecule has 0 fully saturated rings. The fourth-order valence-corrected chi connectivity index (χ4v) is 3.15. The number of benzene rings is 1. The fraction of sp³-hybridized carbons (Fsp3) is 0.0833. The van der Waals surface area contributed by atoms with Crippen molar-refractivity contribution in [2.45, 2.75) is 11.8 Å². The number of nitro groups is 1. The van der Waals surface area contributed by atoms with Gasteiger partial charge in [-0.1, -0.05) is 23.7 Å². The van der Waals surface area contributed by atoms with Gasteiger partial charge in [0.05, 0.1) is 16.3 Å². The van der Waals surface area contributed by atoms with Crippen LogP contribution in [0.4, 0.5) is 11.4 Å². The van der Waals surface area contributed by atoms with Gasteiger partial charge in [0.2, 0.25) is 0 Å². The van der Waals surface area contributed by atoms with Gasteiger partial charge in [0.25, 0.3) is 15.7 Å². The van der Waals surface area contributed by atoms with Gasteiger partial charge < -0.3 is 0 Å². The highest BCUT2D eigenvalue weighted by Crippen LogP contribution is 2.26. The monoisotopic (exact) mass is 327 g/mol.